The number of rotatable bonds is 4. The molecule has 2 fully saturated rings. The third-order valence-electron chi connectivity index (χ3n) is 4.45. The van der Waals surface area contributed by atoms with Gasteiger partial charge in [-0.1, -0.05) is 13.3 Å². The fourth-order valence-corrected chi connectivity index (χ4v) is 3.51. The Bertz CT molecular complexity index is 517. The van der Waals surface area contributed by atoms with Crippen LogP contribution in [-0.2, 0) is 6.42 Å². The quantitative estimate of drug-likeness (QED) is 0.650. The average molecular weight is 274 g/mol. The van der Waals surface area contributed by atoms with Gasteiger partial charge in [-0.2, -0.15) is 0 Å². The van der Waals surface area contributed by atoms with Crippen LogP contribution in [0.2, 0.25) is 0 Å². The van der Waals surface area contributed by atoms with E-state index in [0.717, 1.165) is 31.5 Å². The largest absolute Gasteiger partial charge is 0.335 e. The molecule has 2 aliphatic rings. The molecule has 1 aliphatic heterocycles. The number of nitrogens with two attached hydrogens (primary N) is 1. The fraction of sp³-hybridized carbons (Fsp3) is 0.600. The van der Waals surface area contributed by atoms with Crippen molar-refractivity contribution in [2.45, 2.75) is 45.1 Å². The van der Waals surface area contributed by atoms with E-state index in [-0.39, 0.29) is 5.91 Å². The molecule has 2 unspecified atom stereocenters. The fourth-order valence-electron chi connectivity index (χ4n) is 3.51. The molecule has 108 valence electrons. The zero-order valence-electron chi connectivity index (χ0n) is 11.9. The molecule has 0 spiro atoms. The second kappa shape index (κ2) is 5.40. The summed E-state index contributed by atoms with van der Waals surface area (Å²) in [6.45, 7) is 3.02. The number of fused-ring (bicyclic) bond motifs is 2. The van der Waals surface area contributed by atoms with Crippen LogP contribution in [0.15, 0.2) is 12.1 Å². The number of hydrazine groups is 1. The smallest absolute Gasteiger partial charge is 0.254 e. The number of nitrogens with zero attached hydrogens (tertiary/aromatic N) is 2. The topological polar surface area (TPSA) is 71.2 Å². The first-order valence-electron chi connectivity index (χ1n) is 7.49. The second-order valence-corrected chi connectivity index (χ2v) is 5.92. The first-order chi connectivity index (χ1) is 9.71. The summed E-state index contributed by atoms with van der Waals surface area (Å²) in [5.74, 6) is 6.88. The molecule has 0 radical (unpaired) electrons. The normalized spacial score (nSPS) is 24.2. The number of aromatic nitrogens is 1. The molecular formula is C15H22N4O. The summed E-state index contributed by atoms with van der Waals surface area (Å²) in [5, 5.41) is 0. The Morgan fingerprint density at radius 1 is 1.50 bits per heavy atom. The van der Waals surface area contributed by atoms with Gasteiger partial charge >= 0.3 is 0 Å². The first-order valence-corrected chi connectivity index (χ1v) is 7.49. The Kier molecular flexibility index (Phi) is 3.61. The Balaban J connectivity index is 1.85. The number of likely N-dealkylation sites (tertiary alicyclic amines) is 1. The van der Waals surface area contributed by atoms with Gasteiger partial charge in [-0.3, -0.25) is 4.79 Å². The summed E-state index contributed by atoms with van der Waals surface area (Å²) in [5.41, 5.74) is 4.20. The number of nitrogen functional groups attached to an aromatic ring is 1. The van der Waals surface area contributed by atoms with Gasteiger partial charge in [-0.15, -0.1) is 0 Å². The van der Waals surface area contributed by atoms with Gasteiger partial charge in [0.25, 0.3) is 5.91 Å². The van der Waals surface area contributed by atoms with Gasteiger partial charge in [0.05, 0.1) is 0 Å². The molecule has 0 aromatic carbocycles. The number of piperidine rings is 1. The number of hydrogen-bond donors (Lipinski definition) is 2. The Morgan fingerprint density at radius 3 is 2.95 bits per heavy atom. The van der Waals surface area contributed by atoms with Crippen molar-refractivity contribution in [3.05, 3.63) is 23.4 Å². The van der Waals surface area contributed by atoms with E-state index in [1.807, 2.05) is 11.0 Å². The lowest BCUT2D eigenvalue weighted by molar-refractivity contribution is 0.0703. The van der Waals surface area contributed by atoms with Crippen LogP contribution in [-0.4, -0.2) is 28.4 Å². The molecular weight excluding hydrogens is 252 g/mol. The number of carbonyl (C=O) groups is 1. The number of amides is 1. The maximum atomic E-state index is 12.7. The van der Waals surface area contributed by atoms with Crippen LogP contribution in [0.25, 0.3) is 0 Å². The summed E-state index contributed by atoms with van der Waals surface area (Å²) in [6.07, 6.45) is 5.48. The Morgan fingerprint density at radius 2 is 2.35 bits per heavy atom. The highest BCUT2D eigenvalue weighted by molar-refractivity contribution is 5.95. The van der Waals surface area contributed by atoms with Crippen LogP contribution in [0.1, 0.15) is 48.7 Å². The van der Waals surface area contributed by atoms with Gasteiger partial charge in [0.2, 0.25) is 0 Å². The molecule has 3 N–H and O–H groups in total. The Labute approximate surface area is 119 Å². The van der Waals surface area contributed by atoms with E-state index in [1.165, 1.54) is 12.8 Å². The molecule has 2 bridgehead atoms. The van der Waals surface area contributed by atoms with Crippen LogP contribution >= 0.6 is 0 Å². The Hall–Kier alpha value is -1.62. The molecule has 1 aromatic rings. The van der Waals surface area contributed by atoms with Crippen molar-refractivity contribution in [2.24, 2.45) is 11.8 Å². The highest BCUT2D eigenvalue weighted by Crippen LogP contribution is 2.38. The van der Waals surface area contributed by atoms with E-state index in [1.54, 1.807) is 6.07 Å². The van der Waals surface area contributed by atoms with E-state index in [2.05, 4.69) is 17.3 Å². The van der Waals surface area contributed by atoms with Gasteiger partial charge in [-0.25, -0.2) is 10.8 Å². The van der Waals surface area contributed by atoms with Crippen molar-refractivity contribution in [2.75, 3.05) is 12.0 Å². The van der Waals surface area contributed by atoms with E-state index in [0.29, 0.717) is 23.3 Å². The van der Waals surface area contributed by atoms with Crippen molar-refractivity contribution in [3.8, 4) is 0 Å². The number of nitrogens with one attached hydrogen (secondary N) is 1. The SMILES string of the molecule is CCCc1cc(C(=O)N2CC3CCC2C3)cc(NN)n1. The van der Waals surface area contributed by atoms with Gasteiger partial charge < -0.3 is 10.3 Å². The van der Waals surface area contributed by atoms with Crippen molar-refractivity contribution in [1.29, 1.82) is 0 Å². The summed E-state index contributed by atoms with van der Waals surface area (Å²) in [6, 6.07) is 4.12. The lowest BCUT2D eigenvalue weighted by Crippen LogP contribution is -2.37. The summed E-state index contributed by atoms with van der Waals surface area (Å²) >= 11 is 0. The second-order valence-electron chi connectivity index (χ2n) is 5.92. The van der Waals surface area contributed by atoms with Crippen LogP contribution in [0.5, 0.6) is 0 Å². The standard InChI is InChI=1S/C15H22N4O/c1-2-3-12-7-11(8-14(17-12)18-16)15(20)19-9-10-4-5-13(19)6-10/h7-8,10,13H,2-6,9,16H2,1H3,(H,17,18). The lowest BCUT2D eigenvalue weighted by atomic mass is 10.1. The molecule has 1 saturated heterocycles. The van der Waals surface area contributed by atoms with E-state index < -0.39 is 0 Å². The van der Waals surface area contributed by atoms with E-state index >= 15 is 0 Å². The molecule has 5 nitrogen and oxygen atoms in total. The molecule has 1 aliphatic carbocycles. The first kappa shape index (κ1) is 13.4. The van der Waals surface area contributed by atoms with Crippen molar-refractivity contribution in [3.63, 3.8) is 0 Å². The van der Waals surface area contributed by atoms with Crippen LogP contribution in [0.4, 0.5) is 5.82 Å². The highest BCUT2D eigenvalue weighted by Gasteiger charge is 2.40. The zero-order chi connectivity index (χ0) is 14.1. The van der Waals surface area contributed by atoms with Crippen LogP contribution in [0.3, 0.4) is 0 Å². The van der Waals surface area contributed by atoms with Crippen LogP contribution in [0, 0.1) is 5.92 Å². The predicted molar refractivity (Wildman–Crippen MR) is 78.2 cm³/mol. The minimum Gasteiger partial charge on any atom is -0.335 e. The average Bonchev–Trinajstić information content (AvgIpc) is 3.09. The number of anilines is 1. The predicted octanol–water partition coefficient (Wildman–Crippen LogP) is 1.94. The molecule has 1 amide bonds. The van der Waals surface area contributed by atoms with E-state index in [4.69, 9.17) is 5.84 Å². The number of pyridine rings is 1. The summed E-state index contributed by atoms with van der Waals surface area (Å²) in [4.78, 5) is 19.1. The van der Waals surface area contributed by atoms with Gasteiger partial charge in [0.15, 0.2) is 0 Å². The molecule has 2 atom stereocenters. The maximum Gasteiger partial charge on any atom is 0.254 e. The minimum absolute atomic E-state index is 0.133. The number of hydrogen-bond acceptors (Lipinski definition) is 4. The molecule has 1 saturated carbocycles. The summed E-state index contributed by atoms with van der Waals surface area (Å²) in [7, 11) is 0. The number of carbonyl (C=O) groups excluding carboxylic acids is 1. The third kappa shape index (κ3) is 2.38. The highest BCUT2D eigenvalue weighted by atomic mass is 16.2. The van der Waals surface area contributed by atoms with Crippen molar-refractivity contribution < 1.29 is 4.79 Å². The van der Waals surface area contributed by atoms with Crippen molar-refractivity contribution in [1.82, 2.24) is 9.88 Å². The molecule has 3 rings (SSSR count). The zero-order valence-corrected chi connectivity index (χ0v) is 11.9. The van der Waals surface area contributed by atoms with Crippen molar-refractivity contribution >= 4 is 11.7 Å². The minimum atomic E-state index is 0.133. The summed E-state index contributed by atoms with van der Waals surface area (Å²) < 4.78 is 0. The van der Waals surface area contributed by atoms with Gasteiger partial charge in [0, 0.05) is 23.8 Å². The molecule has 2 heterocycles. The monoisotopic (exact) mass is 274 g/mol. The van der Waals surface area contributed by atoms with Crippen LogP contribution < -0.4 is 11.3 Å². The molecule has 5 heteroatoms. The molecule has 20 heavy (non-hydrogen) atoms. The maximum absolute atomic E-state index is 12.7. The van der Waals surface area contributed by atoms with Gasteiger partial charge in [0.1, 0.15) is 5.82 Å². The third-order valence-corrected chi connectivity index (χ3v) is 4.45. The van der Waals surface area contributed by atoms with Gasteiger partial charge in [-0.05, 0) is 43.7 Å². The lowest BCUT2D eigenvalue weighted by Gasteiger charge is -2.27. The number of aryl methyl sites for hydroxylation is 1. The van der Waals surface area contributed by atoms with E-state index in [9.17, 15) is 4.79 Å². The molecule has 1 aromatic heterocycles.